The molecule has 0 unspecified atom stereocenters. The fourth-order valence-electron chi connectivity index (χ4n) is 1.88. The van der Waals surface area contributed by atoms with Gasteiger partial charge in [0.1, 0.15) is 0 Å². The zero-order valence-corrected chi connectivity index (χ0v) is 12.5. The first-order chi connectivity index (χ1) is 9.52. The summed E-state index contributed by atoms with van der Waals surface area (Å²) in [5.74, 6) is 0.159. The number of nitrogen functional groups attached to an aromatic ring is 1. The number of ether oxygens (including phenoxy) is 2. The number of pyridine rings is 1. The first-order valence-corrected chi connectivity index (χ1v) is 6.70. The topological polar surface area (TPSA) is 77.7 Å². The molecule has 1 heterocycles. The summed E-state index contributed by atoms with van der Waals surface area (Å²) >= 11 is 0. The smallest absolute Gasteiger partial charge is 0.340 e. The number of methoxy groups -OCH3 is 1. The number of esters is 1. The average molecular weight is 281 g/mol. The molecule has 0 saturated carbocycles. The largest absolute Gasteiger partial charge is 0.462 e. The van der Waals surface area contributed by atoms with Crippen LogP contribution >= 0.6 is 0 Å². The molecule has 0 atom stereocenters. The Balaban J connectivity index is 3.10. The average Bonchev–Trinajstić information content (AvgIpc) is 2.40. The monoisotopic (exact) mass is 281 g/mol. The van der Waals surface area contributed by atoms with Crippen molar-refractivity contribution in [2.24, 2.45) is 0 Å². The van der Waals surface area contributed by atoms with Crippen LogP contribution in [-0.4, -0.2) is 43.9 Å². The predicted molar refractivity (Wildman–Crippen MR) is 79.0 cm³/mol. The quantitative estimate of drug-likeness (QED) is 0.766. The Labute approximate surface area is 119 Å². The summed E-state index contributed by atoms with van der Waals surface area (Å²) in [6, 6.07) is 1.77. The fourth-order valence-corrected chi connectivity index (χ4v) is 1.88. The molecular formula is C14H23N3O3. The minimum Gasteiger partial charge on any atom is -0.462 e. The van der Waals surface area contributed by atoms with Crippen molar-refractivity contribution in [2.45, 2.75) is 26.8 Å². The summed E-state index contributed by atoms with van der Waals surface area (Å²) in [5, 5.41) is 0. The molecule has 2 N–H and O–H groups in total. The van der Waals surface area contributed by atoms with E-state index in [1.165, 1.54) is 0 Å². The van der Waals surface area contributed by atoms with Gasteiger partial charge >= 0.3 is 5.97 Å². The van der Waals surface area contributed by atoms with Crippen LogP contribution in [0.1, 0.15) is 31.1 Å². The Morgan fingerprint density at radius 3 is 2.75 bits per heavy atom. The van der Waals surface area contributed by atoms with E-state index in [0.29, 0.717) is 36.8 Å². The molecule has 112 valence electrons. The van der Waals surface area contributed by atoms with Crippen LogP contribution in [0.15, 0.2) is 12.3 Å². The summed E-state index contributed by atoms with van der Waals surface area (Å²) in [4.78, 5) is 18.1. The summed E-state index contributed by atoms with van der Waals surface area (Å²) in [6.07, 6.45) is 1.57. The summed E-state index contributed by atoms with van der Waals surface area (Å²) in [5.41, 5.74) is 6.77. The van der Waals surface area contributed by atoms with Crippen molar-refractivity contribution in [3.05, 3.63) is 17.8 Å². The molecule has 0 fully saturated rings. The van der Waals surface area contributed by atoms with Crippen molar-refractivity contribution in [1.82, 2.24) is 4.98 Å². The number of nitrogens with two attached hydrogens (primary N) is 1. The predicted octanol–water partition coefficient (Wildman–Crippen LogP) is 1.70. The molecule has 0 aromatic carbocycles. The van der Waals surface area contributed by atoms with Crippen LogP contribution in [-0.2, 0) is 9.47 Å². The Morgan fingerprint density at radius 2 is 2.20 bits per heavy atom. The van der Waals surface area contributed by atoms with E-state index in [9.17, 15) is 4.79 Å². The second kappa shape index (κ2) is 7.69. The second-order valence-corrected chi connectivity index (χ2v) is 4.60. The van der Waals surface area contributed by atoms with Gasteiger partial charge in [-0.15, -0.1) is 0 Å². The molecule has 1 rings (SSSR count). The molecule has 0 spiro atoms. The van der Waals surface area contributed by atoms with Gasteiger partial charge in [-0.1, -0.05) is 0 Å². The molecule has 0 radical (unpaired) electrons. The van der Waals surface area contributed by atoms with Gasteiger partial charge in [0.05, 0.1) is 24.5 Å². The standard InChI is InChI=1S/C14H23N3O3/c1-5-20-14(18)11-6-7-16-13(12(11)15)17(10(2)3)8-9-19-4/h6-7,10H,5,8-9,15H2,1-4H3. The van der Waals surface area contributed by atoms with Crippen molar-refractivity contribution in [1.29, 1.82) is 0 Å². The number of rotatable bonds is 7. The zero-order chi connectivity index (χ0) is 15.1. The van der Waals surface area contributed by atoms with E-state index in [1.54, 1.807) is 26.3 Å². The van der Waals surface area contributed by atoms with Crippen molar-refractivity contribution < 1.29 is 14.3 Å². The minimum atomic E-state index is -0.427. The first-order valence-electron chi connectivity index (χ1n) is 6.70. The fraction of sp³-hybridized carbons (Fsp3) is 0.571. The number of aromatic nitrogens is 1. The minimum absolute atomic E-state index is 0.192. The molecule has 1 aromatic rings. The van der Waals surface area contributed by atoms with Gasteiger partial charge in [-0.3, -0.25) is 0 Å². The Bertz CT molecular complexity index is 449. The lowest BCUT2D eigenvalue weighted by molar-refractivity contribution is 0.0527. The first kappa shape index (κ1) is 16.2. The van der Waals surface area contributed by atoms with Gasteiger partial charge in [0.25, 0.3) is 0 Å². The molecule has 1 aromatic heterocycles. The van der Waals surface area contributed by atoms with Crippen LogP contribution in [0.5, 0.6) is 0 Å². The summed E-state index contributed by atoms with van der Waals surface area (Å²) < 4.78 is 10.1. The Morgan fingerprint density at radius 1 is 1.50 bits per heavy atom. The normalized spacial score (nSPS) is 10.7. The third-order valence-electron chi connectivity index (χ3n) is 2.90. The molecule has 20 heavy (non-hydrogen) atoms. The maximum atomic E-state index is 11.9. The van der Waals surface area contributed by atoms with Crippen molar-refractivity contribution >= 4 is 17.5 Å². The van der Waals surface area contributed by atoms with E-state index in [0.717, 1.165) is 0 Å². The lowest BCUT2D eigenvalue weighted by atomic mass is 10.2. The highest BCUT2D eigenvalue weighted by Crippen LogP contribution is 2.26. The van der Waals surface area contributed by atoms with Crippen LogP contribution in [0.3, 0.4) is 0 Å². The second-order valence-electron chi connectivity index (χ2n) is 4.60. The molecule has 6 heteroatoms. The Kier molecular flexibility index (Phi) is 6.24. The highest BCUT2D eigenvalue weighted by Gasteiger charge is 2.20. The van der Waals surface area contributed by atoms with Crippen LogP contribution in [0.4, 0.5) is 11.5 Å². The van der Waals surface area contributed by atoms with Crippen molar-refractivity contribution in [3.63, 3.8) is 0 Å². The van der Waals surface area contributed by atoms with Gasteiger partial charge < -0.3 is 20.1 Å². The Hall–Kier alpha value is -1.82. The highest BCUT2D eigenvalue weighted by atomic mass is 16.5. The van der Waals surface area contributed by atoms with Crippen LogP contribution in [0, 0.1) is 0 Å². The maximum absolute atomic E-state index is 11.9. The van der Waals surface area contributed by atoms with E-state index in [2.05, 4.69) is 4.98 Å². The number of carbonyl (C=O) groups excluding carboxylic acids is 1. The van der Waals surface area contributed by atoms with Gasteiger partial charge in [-0.05, 0) is 26.8 Å². The van der Waals surface area contributed by atoms with Gasteiger partial charge in [0.2, 0.25) is 0 Å². The highest BCUT2D eigenvalue weighted by molar-refractivity contribution is 5.97. The molecule has 0 aliphatic carbocycles. The SMILES string of the molecule is CCOC(=O)c1ccnc(N(CCOC)C(C)C)c1N. The molecule has 6 nitrogen and oxygen atoms in total. The number of hydrogen-bond acceptors (Lipinski definition) is 6. The third kappa shape index (κ3) is 3.84. The molecule has 0 bridgehead atoms. The summed E-state index contributed by atoms with van der Waals surface area (Å²) in [6.45, 7) is 7.35. The van der Waals surface area contributed by atoms with Crippen LogP contribution in [0.25, 0.3) is 0 Å². The zero-order valence-electron chi connectivity index (χ0n) is 12.5. The molecule has 0 amide bonds. The van der Waals surface area contributed by atoms with Gasteiger partial charge in [-0.2, -0.15) is 0 Å². The van der Waals surface area contributed by atoms with Gasteiger partial charge in [0, 0.05) is 25.9 Å². The van der Waals surface area contributed by atoms with Crippen molar-refractivity contribution in [2.75, 3.05) is 37.5 Å². The maximum Gasteiger partial charge on any atom is 0.340 e. The molecule has 0 aliphatic rings. The van der Waals surface area contributed by atoms with E-state index in [4.69, 9.17) is 15.2 Å². The lowest BCUT2D eigenvalue weighted by Crippen LogP contribution is -2.35. The van der Waals surface area contributed by atoms with Crippen LogP contribution < -0.4 is 10.6 Å². The van der Waals surface area contributed by atoms with Crippen molar-refractivity contribution in [3.8, 4) is 0 Å². The number of nitrogens with zero attached hydrogens (tertiary/aromatic N) is 2. The lowest BCUT2D eigenvalue weighted by Gasteiger charge is -2.29. The van der Waals surface area contributed by atoms with Crippen LogP contribution in [0.2, 0.25) is 0 Å². The van der Waals surface area contributed by atoms with Gasteiger partial charge in [0.15, 0.2) is 5.82 Å². The summed E-state index contributed by atoms with van der Waals surface area (Å²) in [7, 11) is 1.64. The number of anilines is 2. The van der Waals surface area contributed by atoms with E-state index in [1.807, 2.05) is 18.7 Å². The molecular weight excluding hydrogens is 258 g/mol. The number of hydrogen-bond donors (Lipinski definition) is 1. The van der Waals surface area contributed by atoms with Gasteiger partial charge in [-0.25, -0.2) is 9.78 Å². The third-order valence-corrected chi connectivity index (χ3v) is 2.90. The molecule has 0 aliphatic heterocycles. The van der Waals surface area contributed by atoms with E-state index < -0.39 is 5.97 Å². The van der Waals surface area contributed by atoms with E-state index >= 15 is 0 Å². The number of carbonyl (C=O) groups is 1. The molecule has 0 saturated heterocycles. The van der Waals surface area contributed by atoms with E-state index in [-0.39, 0.29) is 6.04 Å².